The molecule has 1 N–H and O–H groups in total. The molecule has 0 aliphatic carbocycles. The van der Waals surface area contributed by atoms with Crippen LogP contribution in [-0.2, 0) is 17.8 Å². The lowest BCUT2D eigenvalue weighted by molar-refractivity contribution is -0.120. The highest BCUT2D eigenvalue weighted by Gasteiger charge is 2.15. The third kappa shape index (κ3) is 5.06. The number of hydrogen-bond acceptors (Lipinski definition) is 5. The zero-order chi connectivity index (χ0) is 20.8. The van der Waals surface area contributed by atoms with E-state index in [0.717, 1.165) is 30.0 Å². The van der Waals surface area contributed by atoms with Crippen molar-refractivity contribution in [1.82, 2.24) is 15.3 Å². The van der Waals surface area contributed by atoms with Crippen molar-refractivity contribution in [2.75, 3.05) is 18.0 Å². The van der Waals surface area contributed by atoms with Crippen LogP contribution in [0.1, 0.15) is 42.7 Å². The summed E-state index contributed by atoms with van der Waals surface area (Å²) in [5, 5.41) is 2.96. The van der Waals surface area contributed by atoms with Gasteiger partial charge in [-0.1, -0.05) is 37.1 Å². The van der Waals surface area contributed by atoms with Crippen LogP contribution < -0.4 is 10.2 Å². The first-order valence-electron chi connectivity index (χ1n) is 10.7. The molecule has 4 rings (SSSR count). The molecule has 1 aliphatic heterocycles. The number of aromatic nitrogens is 2. The molecule has 6 heteroatoms. The Balaban J connectivity index is 1.31. The van der Waals surface area contributed by atoms with E-state index in [2.05, 4.69) is 26.3 Å². The van der Waals surface area contributed by atoms with Crippen molar-refractivity contribution in [3.63, 3.8) is 0 Å². The summed E-state index contributed by atoms with van der Waals surface area (Å²) in [7, 11) is 0. The molecule has 1 fully saturated rings. The Hall–Kier alpha value is -3.15. The maximum atomic E-state index is 12.4. The lowest BCUT2D eigenvalue weighted by Crippen LogP contribution is -2.26. The van der Waals surface area contributed by atoms with Gasteiger partial charge in [-0.2, -0.15) is 0 Å². The van der Waals surface area contributed by atoms with E-state index < -0.39 is 0 Å². The number of nitrogens with one attached hydrogen (secondary N) is 1. The maximum Gasteiger partial charge on any atom is 0.226 e. The largest absolute Gasteiger partial charge is 0.441 e. The Morgan fingerprint density at radius 1 is 1.07 bits per heavy atom. The molecule has 3 aromatic rings. The molecule has 0 radical (unpaired) electrons. The van der Waals surface area contributed by atoms with Crippen molar-refractivity contribution in [2.45, 2.75) is 45.6 Å². The van der Waals surface area contributed by atoms with E-state index in [-0.39, 0.29) is 12.3 Å². The lowest BCUT2D eigenvalue weighted by atomic mass is 10.2. The predicted octanol–water partition coefficient (Wildman–Crippen LogP) is 4.28. The molecule has 2 aromatic heterocycles. The number of carbonyl (C=O) groups is 1. The van der Waals surface area contributed by atoms with Crippen LogP contribution in [0.5, 0.6) is 0 Å². The second kappa shape index (κ2) is 9.57. The van der Waals surface area contributed by atoms with E-state index in [1.165, 1.54) is 25.7 Å². The molecule has 0 saturated carbocycles. The van der Waals surface area contributed by atoms with Gasteiger partial charge in [0, 0.05) is 31.4 Å². The molecule has 0 bridgehead atoms. The van der Waals surface area contributed by atoms with Gasteiger partial charge in [-0.25, -0.2) is 9.97 Å². The fraction of sp³-hybridized carbons (Fsp3) is 0.375. The van der Waals surface area contributed by atoms with Gasteiger partial charge < -0.3 is 14.6 Å². The summed E-state index contributed by atoms with van der Waals surface area (Å²) in [5.74, 6) is 2.16. The third-order valence-corrected chi connectivity index (χ3v) is 5.47. The molecular weight excluding hydrogens is 376 g/mol. The van der Waals surface area contributed by atoms with Crippen LogP contribution >= 0.6 is 0 Å². The first kappa shape index (κ1) is 20.1. The normalized spacial score (nSPS) is 14.4. The number of rotatable bonds is 6. The number of nitrogens with zero attached hydrogens (tertiary/aromatic N) is 3. The van der Waals surface area contributed by atoms with Gasteiger partial charge >= 0.3 is 0 Å². The van der Waals surface area contributed by atoms with E-state index in [4.69, 9.17) is 4.42 Å². The van der Waals surface area contributed by atoms with Gasteiger partial charge in [0.1, 0.15) is 11.6 Å². The minimum absolute atomic E-state index is 0.0809. The Morgan fingerprint density at radius 3 is 2.53 bits per heavy atom. The van der Waals surface area contributed by atoms with Gasteiger partial charge in [0.15, 0.2) is 0 Å². The molecule has 156 valence electrons. The molecule has 6 nitrogen and oxygen atoms in total. The molecule has 30 heavy (non-hydrogen) atoms. The zero-order valence-corrected chi connectivity index (χ0v) is 17.4. The molecule has 1 saturated heterocycles. The molecule has 1 amide bonds. The van der Waals surface area contributed by atoms with Crippen molar-refractivity contribution >= 4 is 11.7 Å². The number of benzene rings is 1. The molecule has 3 heterocycles. The van der Waals surface area contributed by atoms with Gasteiger partial charge in [-0.15, -0.1) is 0 Å². The minimum atomic E-state index is -0.0809. The van der Waals surface area contributed by atoms with Crippen molar-refractivity contribution in [1.29, 1.82) is 0 Å². The Morgan fingerprint density at radius 2 is 1.83 bits per heavy atom. The number of hydrogen-bond donors (Lipinski definition) is 1. The highest BCUT2D eigenvalue weighted by molar-refractivity contribution is 5.78. The van der Waals surface area contributed by atoms with Crippen molar-refractivity contribution in [3.05, 3.63) is 65.7 Å². The number of carbonyl (C=O) groups excluding carboxylic acids is 1. The lowest BCUT2D eigenvalue weighted by Gasteiger charge is -2.21. The molecule has 0 unspecified atom stereocenters. The number of oxazole rings is 1. The van der Waals surface area contributed by atoms with E-state index in [0.29, 0.717) is 23.9 Å². The first-order chi connectivity index (χ1) is 14.7. The zero-order valence-electron chi connectivity index (χ0n) is 17.4. The molecule has 1 aliphatic rings. The molecular formula is C24H28N4O2. The molecule has 0 atom stereocenters. The predicted molar refractivity (Wildman–Crippen MR) is 117 cm³/mol. The van der Waals surface area contributed by atoms with Crippen molar-refractivity contribution < 1.29 is 9.21 Å². The average Bonchev–Trinajstić information content (AvgIpc) is 2.96. The SMILES string of the molecule is Cc1oc(-c2ccccc2)nc1CC(=O)NCc1ccc(N2CCCCCC2)nc1. The van der Waals surface area contributed by atoms with Crippen LogP contribution in [-0.4, -0.2) is 29.0 Å². The van der Waals surface area contributed by atoms with Crippen LogP contribution in [0, 0.1) is 6.92 Å². The fourth-order valence-electron chi connectivity index (χ4n) is 3.72. The van der Waals surface area contributed by atoms with Crippen LogP contribution in [0.2, 0.25) is 0 Å². The summed E-state index contributed by atoms with van der Waals surface area (Å²) in [6.07, 6.45) is 7.12. The van der Waals surface area contributed by atoms with E-state index in [9.17, 15) is 4.79 Å². The topological polar surface area (TPSA) is 71.3 Å². The minimum Gasteiger partial charge on any atom is -0.441 e. The van der Waals surface area contributed by atoms with Crippen LogP contribution in [0.25, 0.3) is 11.5 Å². The quantitative estimate of drug-likeness (QED) is 0.664. The number of pyridine rings is 1. The Labute approximate surface area is 177 Å². The third-order valence-electron chi connectivity index (χ3n) is 5.47. The number of anilines is 1. The second-order valence-corrected chi connectivity index (χ2v) is 7.77. The summed E-state index contributed by atoms with van der Waals surface area (Å²) in [4.78, 5) is 23.9. The van der Waals surface area contributed by atoms with Gasteiger partial charge in [0.2, 0.25) is 11.8 Å². The number of amides is 1. The van der Waals surface area contributed by atoms with E-state index in [1.54, 1.807) is 0 Å². The molecule has 0 spiro atoms. The van der Waals surface area contributed by atoms with Gasteiger partial charge in [0.05, 0.1) is 12.1 Å². The van der Waals surface area contributed by atoms with Gasteiger partial charge in [-0.3, -0.25) is 4.79 Å². The number of aryl methyl sites for hydroxylation is 1. The summed E-state index contributed by atoms with van der Waals surface area (Å²) < 4.78 is 5.74. The Kier molecular flexibility index (Phi) is 6.42. The average molecular weight is 405 g/mol. The molecule has 1 aromatic carbocycles. The van der Waals surface area contributed by atoms with E-state index >= 15 is 0 Å². The summed E-state index contributed by atoms with van der Waals surface area (Å²) >= 11 is 0. The van der Waals surface area contributed by atoms with Crippen LogP contribution in [0.15, 0.2) is 53.1 Å². The Bertz CT molecular complexity index is 959. The highest BCUT2D eigenvalue weighted by atomic mass is 16.4. The van der Waals surface area contributed by atoms with Gasteiger partial charge in [0.25, 0.3) is 0 Å². The smallest absolute Gasteiger partial charge is 0.226 e. The van der Waals surface area contributed by atoms with E-state index in [1.807, 2.05) is 49.5 Å². The summed E-state index contributed by atoms with van der Waals surface area (Å²) in [6, 6.07) is 13.8. The summed E-state index contributed by atoms with van der Waals surface area (Å²) in [5.41, 5.74) is 2.56. The van der Waals surface area contributed by atoms with Crippen LogP contribution in [0.3, 0.4) is 0 Å². The standard InChI is InChI=1S/C24H28N4O2/c1-18-21(27-24(30-18)20-9-5-4-6-10-20)15-23(29)26-17-19-11-12-22(25-16-19)28-13-7-2-3-8-14-28/h4-6,9-12,16H,2-3,7-8,13-15,17H2,1H3,(H,26,29). The summed E-state index contributed by atoms with van der Waals surface area (Å²) in [6.45, 7) is 4.44. The van der Waals surface area contributed by atoms with Crippen molar-refractivity contribution in [3.8, 4) is 11.5 Å². The van der Waals surface area contributed by atoms with Crippen molar-refractivity contribution in [2.24, 2.45) is 0 Å². The maximum absolute atomic E-state index is 12.4. The second-order valence-electron chi connectivity index (χ2n) is 7.77. The van der Waals surface area contributed by atoms with Crippen LogP contribution in [0.4, 0.5) is 5.82 Å². The monoisotopic (exact) mass is 404 g/mol. The highest BCUT2D eigenvalue weighted by Crippen LogP contribution is 2.22. The van der Waals surface area contributed by atoms with Gasteiger partial charge in [-0.05, 0) is 43.5 Å². The fourth-order valence-corrected chi connectivity index (χ4v) is 3.72. The first-order valence-corrected chi connectivity index (χ1v) is 10.7.